The highest BCUT2D eigenvalue weighted by atomic mass is 16.2. The van der Waals surface area contributed by atoms with Crippen molar-refractivity contribution in [3.05, 3.63) is 0 Å². The van der Waals surface area contributed by atoms with Gasteiger partial charge in [-0.3, -0.25) is 19.3 Å². The Morgan fingerprint density at radius 2 is 1.81 bits per heavy atom. The Labute approximate surface area is 162 Å². The largest absolute Gasteiger partial charge is 0.353 e. The zero-order chi connectivity index (χ0) is 19.6. The fraction of sp³-hybridized carbons (Fsp3) is 0.850. The number of nitrogens with one attached hydrogen (secondary N) is 1. The highest BCUT2D eigenvalue weighted by Gasteiger charge is 2.37. The molecule has 2 heterocycles. The van der Waals surface area contributed by atoms with E-state index >= 15 is 0 Å². The third-order valence-electron chi connectivity index (χ3n) is 5.86. The van der Waals surface area contributed by atoms with E-state index in [1.807, 2.05) is 4.90 Å². The molecule has 1 aliphatic carbocycles. The van der Waals surface area contributed by atoms with E-state index in [0.29, 0.717) is 25.7 Å². The first-order valence-electron chi connectivity index (χ1n) is 10.3. The average molecular weight is 379 g/mol. The second kappa shape index (κ2) is 8.17. The molecule has 1 unspecified atom stereocenters. The molecule has 0 bridgehead atoms. The van der Waals surface area contributed by atoms with Gasteiger partial charge in [-0.05, 0) is 18.3 Å². The summed E-state index contributed by atoms with van der Waals surface area (Å²) < 4.78 is 0. The Kier molecular flexibility index (Phi) is 6.08. The van der Waals surface area contributed by atoms with E-state index in [-0.39, 0.29) is 36.1 Å². The molecule has 0 aromatic rings. The third kappa shape index (κ3) is 5.00. The summed E-state index contributed by atoms with van der Waals surface area (Å²) in [5.74, 6) is -0.105. The molecular weight excluding hydrogens is 344 g/mol. The van der Waals surface area contributed by atoms with Crippen molar-refractivity contribution in [1.82, 2.24) is 20.0 Å². The van der Waals surface area contributed by atoms with Crippen LogP contribution in [0.1, 0.15) is 52.9 Å². The van der Waals surface area contributed by atoms with E-state index in [1.54, 1.807) is 4.90 Å². The molecule has 0 aromatic carbocycles. The topological polar surface area (TPSA) is 73.0 Å². The number of rotatable bonds is 4. The van der Waals surface area contributed by atoms with Crippen LogP contribution in [0.25, 0.3) is 0 Å². The fourth-order valence-electron chi connectivity index (χ4n) is 4.58. The first-order valence-corrected chi connectivity index (χ1v) is 10.3. The monoisotopic (exact) mass is 378 g/mol. The van der Waals surface area contributed by atoms with Crippen LogP contribution in [0.2, 0.25) is 0 Å². The highest BCUT2D eigenvalue weighted by Crippen LogP contribution is 2.25. The maximum atomic E-state index is 12.8. The number of carbonyl (C=O) groups excluding carboxylic acids is 3. The van der Waals surface area contributed by atoms with Gasteiger partial charge >= 0.3 is 0 Å². The van der Waals surface area contributed by atoms with Crippen LogP contribution in [-0.2, 0) is 14.4 Å². The van der Waals surface area contributed by atoms with E-state index in [9.17, 15) is 14.4 Å². The lowest BCUT2D eigenvalue weighted by atomic mass is 9.94. The normalized spacial score (nSPS) is 25.8. The zero-order valence-corrected chi connectivity index (χ0v) is 17.0. The maximum Gasteiger partial charge on any atom is 0.242 e. The quantitative estimate of drug-likeness (QED) is 0.787. The number of hydrogen-bond acceptors (Lipinski definition) is 4. The Bertz CT molecular complexity index is 580. The first-order chi connectivity index (χ1) is 12.7. The van der Waals surface area contributed by atoms with Gasteiger partial charge in [0.2, 0.25) is 17.7 Å². The zero-order valence-electron chi connectivity index (χ0n) is 17.0. The average Bonchev–Trinajstić information content (AvgIpc) is 3.10. The summed E-state index contributed by atoms with van der Waals surface area (Å²) in [6.45, 7) is 9.92. The van der Waals surface area contributed by atoms with Gasteiger partial charge in [0, 0.05) is 38.8 Å². The molecule has 3 rings (SSSR count). The molecule has 7 heteroatoms. The number of amides is 3. The summed E-state index contributed by atoms with van der Waals surface area (Å²) in [5.41, 5.74) is 0.0573. The molecule has 3 fully saturated rings. The van der Waals surface area contributed by atoms with E-state index in [1.165, 1.54) is 12.8 Å². The van der Waals surface area contributed by atoms with E-state index in [0.717, 1.165) is 25.9 Å². The molecule has 1 saturated carbocycles. The van der Waals surface area contributed by atoms with Crippen molar-refractivity contribution in [1.29, 1.82) is 0 Å². The fourth-order valence-corrected chi connectivity index (χ4v) is 4.58. The van der Waals surface area contributed by atoms with Gasteiger partial charge in [-0.25, -0.2) is 0 Å². The molecule has 3 amide bonds. The summed E-state index contributed by atoms with van der Waals surface area (Å²) in [6, 6.07) is -0.0745. The van der Waals surface area contributed by atoms with Crippen LogP contribution >= 0.6 is 0 Å². The Morgan fingerprint density at radius 3 is 2.44 bits per heavy atom. The summed E-state index contributed by atoms with van der Waals surface area (Å²) in [5, 5.41) is 2.88. The number of hydrogen-bond donors (Lipinski definition) is 1. The van der Waals surface area contributed by atoms with Crippen molar-refractivity contribution < 1.29 is 14.4 Å². The highest BCUT2D eigenvalue weighted by molar-refractivity contribution is 5.91. The number of nitrogens with zero attached hydrogens (tertiary/aromatic N) is 3. The lowest BCUT2D eigenvalue weighted by molar-refractivity contribution is -0.149. The molecule has 152 valence electrons. The maximum absolute atomic E-state index is 12.8. The lowest BCUT2D eigenvalue weighted by Crippen LogP contribution is -2.59. The van der Waals surface area contributed by atoms with Crippen molar-refractivity contribution >= 4 is 17.7 Å². The van der Waals surface area contributed by atoms with Crippen LogP contribution < -0.4 is 5.32 Å². The van der Waals surface area contributed by atoms with Gasteiger partial charge in [0.1, 0.15) is 0 Å². The molecule has 0 aromatic heterocycles. The van der Waals surface area contributed by atoms with Crippen LogP contribution in [0.15, 0.2) is 0 Å². The van der Waals surface area contributed by atoms with Crippen LogP contribution in [0.4, 0.5) is 0 Å². The summed E-state index contributed by atoms with van der Waals surface area (Å²) in [6.07, 6.45) is 4.71. The van der Waals surface area contributed by atoms with Crippen LogP contribution in [0.3, 0.4) is 0 Å². The van der Waals surface area contributed by atoms with Crippen molar-refractivity contribution in [3.8, 4) is 0 Å². The van der Waals surface area contributed by atoms with E-state index in [2.05, 4.69) is 31.0 Å². The summed E-state index contributed by atoms with van der Waals surface area (Å²) in [7, 11) is 0. The molecule has 2 aliphatic heterocycles. The smallest absolute Gasteiger partial charge is 0.242 e. The minimum Gasteiger partial charge on any atom is -0.353 e. The predicted octanol–water partition coefficient (Wildman–Crippen LogP) is 0.836. The summed E-state index contributed by atoms with van der Waals surface area (Å²) >= 11 is 0. The van der Waals surface area contributed by atoms with Crippen LogP contribution in [0, 0.1) is 5.41 Å². The third-order valence-corrected chi connectivity index (χ3v) is 5.86. The van der Waals surface area contributed by atoms with Gasteiger partial charge in [0.05, 0.1) is 19.0 Å². The van der Waals surface area contributed by atoms with Gasteiger partial charge in [-0.1, -0.05) is 33.6 Å². The molecule has 0 radical (unpaired) electrons. The van der Waals surface area contributed by atoms with Crippen LogP contribution in [0.5, 0.6) is 0 Å². The molecular formula is C20H34N4O3. The predicted molar refractivity (Wildman–Crippen MR) is 103 cm³/mol. The number of piperazine rings is 2. The minimum atomic E-state index is -0.437. The van der Waals surface area contributed by atoms with Crippen molar-refractivity contribution in [3.63, 3.8) is 0 Å². The SMILES string of the molecule is CC(C)(C)CN1CCNC(=O)C1CC(=O)N1CCN(C2CCCC2)C(=O)C1. The van der Waals surface area contributed by atoms with E-state index in [4.69, 9.17) is 0 Å². The summed E-state index contributed by atoms with van der Waals surface area (Å²) in [4.78, 5) is 43.5. The molecule has 3 aliphatic rings. The van der Waals surface area contributed by atoms with Crippen LogP contribution in [-0.4, -0.2) is 83.8 Å². The van der Waals surface area contributed by atoms with Gasteiger partial charge in [-0.2, -0.15) is 0 Å². The molecule has 27 heavy (non-hydrogen) atoms. The second-order valence-corrected chi connectivity index (χ2v) is 9.38. The Morgan fingerprint density at radius 1 is 1.11 bits per heavy atom. The molecule has 1 atom stereocenters. The minimum absolute atomic E-state index is 0.0566. The molecule has 2 saturated heterocycles. The standard InChI is InChI=1S/C20H34N4O3/c1-20(2,3)14-23-9-8-21-19(27)16(23)12-17(25)22-10-11-24(18(26)13-22)15-6-4-5-7-15/h15-16H,4-14H2,1-3H3,(H,21,27). The first kappa shape index (κ1) is 20.1. The van der Waals surface area contributed by atoms with Gasteiger partial charge in [0.15, 0.2) is 0 Å². The van der Waals surface area contributed by atoms with E-state index < -0.39 is 6.04 Å². The Hall–Kier alpha value is -1.63. The molecule has 7 nitrogen and oxygen atoms in total. The van der Waals surface area contributed by atoms with Gasteiger partial charge in [-0.15, -0.1) is 0 Å². The van der Waals surface area contributed by atoms with Crippen molar-refractivity contribution in [2.45, 2.75) is 65.0 Å². The molecule has 1 N–H and O–H groups in total. The van der Waals surface area contributed by atoms with Gasteiger partial charge in [0.25, 0.3) is 0 Å². The van der Waals surface area contributed by atoms with Crippen molar-refractivity contribution in [2.75, 3.05) is 39.3 Å². The lowest BCUT2D eigenvalue weighted by Gasteiger charge is -2.41. The Balaban J connectivity index is 1.58. The molecule has 0 spiro atoms. The van der Waals surface area contributed by atoms with Gasteiger partial charge < -0.3 is 15.1 Å². The number of carbonyl (C=O) groups is 3. The van der Waals surface area contributed by atoms with Crippen molar-refractivity contribution in [2.24, 2.45) is 5.41 Å². The second-order valence-electron chi connectivity index (χ2n) is 9.38.